The molecule has 0 saturated carbocycles. The first-order valence-electron chi connectivity index (χ1n) is 7.12. The first-order chi connectivity index (χ1) is 8.75. The monoisotopic (exact) mass is 283 g/mol. The number of nitrogens with zero attached hydrogens (tertiary/aromatic N) is 1. The van der Waals surface area contributed by atoms with Crippen LogP contribution in [0.4, 0.5) is 0 Å². The summed E-state index contributed by atoms with van der Waals surface area (Å²) >= 11 is 5.92. The van der Waals surface area contributed by atoms with E-state index in [1.54, 1.807) is 6.92 Å². The number of Topliss-reactive ketones (excluding diaryl/α,β-unsaturated/α-hetero) is 1. The van der Waals surface area contributed by atoms with E-state index < -0.39 is 5.38 Å². The highest BCUT2D eigenvalue weighted by molar-refractivity contribution is 6.33. The predicted octanol–water partition coefficient (Wildman–Crippen LogP) is 4.91. The lowest BCUT2D eigenvalue weighted by molar-refractivity contribution is 0.0991. The topological polar surface area (TPSA) is 22.0 Å². The van der Waals surface area contributed by atoms with Crippen LogP contribution in [-0.4, -0.2) is 15.7 Å². The minimum Gasteiger partial charge on any atom is -0.346 e. The summed E-state index contributed by atoms with van der Waals surface area (Å²) in [6.07, 6.45) is 2.34. The lowest BCUT2D eigenvalue weighted by Gasteiger charge is -2.19. The Morgan fingerprint density at radius 1 is 1.21 bits per heavy atom. The fraction of sp³-hybridized carbons (Fsp3) is 0.688. The maximum absolute atomic E-state index is 12.1. The number of rotatable bonds is 6. The molecule has 0 spiro atoms. The van der Waals surface area contributed by atoms with Gasteiger partial charge in [0.05, 0.1) is 5.38 Å². The number of hydrogen-bond donors (Lipinski definition) is 0. The van der Waals surface area contributed by atoms with E-state index in [4.69, 9.17) is 11.6 Å². The van der Waals surface area contributed by atoms with E-state index in [-0.39, 0.29) is 5.78 Å². The molecule has 2 atom stereocenters. The first-order valence-corrected chi connectivity index (χ1v) is 7.56. The zero-order valence-corrected chi connectivity index (χ0v) is 13.7. The molecule has 0 N–H and O–H groups in total. The van der Waals surface area contributed by atoms with E-state index >= 15 is 0 Å². The summed E-state index contributed by atoms with van der Waals surface area (Å²) in [5.41, 5.74) is 2.97. The average Bonchev–Trinajstić information content (AvgIpc) is 2.60. The SMILES string of the molecule is Cc1cc(C(=O)C(C)Cl)c(C)n1C(C)CCC(C)C. The van der Waals surface area contributed by atoms with Gasteiger partial charge in [-0.25, -0.2) is 0 Å². The van der Waals surface area contributed by atoms with Crippen molar-refractivity contribution in [2.24, 2.45) is 5.92 Å². The summed E-state index contributed by atoms with van der Waals surface area (Å²) in [5, 5.41) is -0.458. The molecule has 0 radical (unpaired) electrons. The molecule has 1 heterocycles. The van der Waals surface area contributed by atoms with Gasteiger partial charge in [0.25, 0.3) is 0 Å². The molecular formula is C16H26ClNO. The second-order valence-corrected chi connectivity index (χ2v) is 6.61. The van der Waals surface area contributed by atoms with Crippen molar-refractivity contribution in [1.29, 1.82) is 0 Å². The number of ketones is 1. The Labute approximate surface area is 122 Å². The van der Waals surface area contributed by atoms with Gasteiger partial charge in [0.1, 0.15) is 0 Å². The average molecular weight is 284 g/mol. The number of hydrogen-bond acceptors (Lipinski definition) is 1. The van der Waals surface area contributed by atoms with Crippen LogP contribution in [0.5, 0.6) is 0 Å². The van der Waals surface area contributed by atoms with Crippen LogP contribution in [-0.2, 0) is 0 Å². The molecule has 0 aliphatic rings. The van der Waals surface area contributed by atoms with Gasteiger partial charge in [0, 0.05) is 23.0 Å². The second kappa shape index (κ2) is 6.60. The Bertz CT molecular complexity index is 446. The molecule has 0 aliphatic carbocycles. The quantitative estimate of drug-likeness (QED) is 0.537. The maximum atomic E-state index is 12.1. The standard InChI is InChI=1S/C16H26ClNO/c1-10(2)7-8-11(3)18-12(4)9-15(14(18)6)16(19)13(5)17/h9-11,13H,7-8H2,1-6H3. The Hall–Kier alpha value is -0.760. The van der Waals surface area contributed by atoms with E-state index in [1.165, 1.54) is 6.42 Å². The summed E-state index contributed by atoms with van der Waals surface area (Å²) in [4.78, 5) is 12.1. The van der Waals surface area contributed by atoms with E-state index in [0.717, 1.165) is 23.4 Å². The molecule has 0 fully saturated rings. The minimum absolute atomic E-state index is 0.0251. The number of alkyl halides is 1. The van der Waals surface area contributed by atoms with Gasteiger partial charge < -0.3 is 4.57 Å². The zero-order chi connectivity index (χ0) is 14.7. The van der Waals surface area contributed by atoms with Crippen LogP contribution in [0.2, 0.25) is 0 Å². The van der Waals surface area contributed by atoms with Crippen molar-refractivity contribution in [1.82, 2.24) is 4.57 Å². The van der Waals surface area contributed by atoms with Crippen LogP contribution in [0.1, 0.15) is 68.3 Å². The van der Waals surface area contributed by atoms with E-state index in [1.807, 2.05) is 13.0 Å². The highest BCUT2D eigenvalue weighted by atomic mass is 35.5. The Morgan fingerprint density at radius 3 is 2.26 bits per heavy atom. The third-order valence-corrected chi connectivity index (χ3v) is 3.91. The highest BCUT2D eigenvalue weighted by Gasteiger charge is 2.21. The summed E-state index contributed by atoms with van der Waals surface area (Å²) in [6.45, 7) is 12.5. The van der Waals surface area contributed by atoms with Crippen molar-refractivity contribution in [3.05, 3.63) is 23.0 Å². The van der Waals surface area contributed by atoms with Crippen molar-refractivity contribution in [2.75, 3.05) is 0 Å². The smallest absolute Gasteiger partial charge is 0.182 e. The number of halogens is 1. The summed E-state index contributed by atoms with van der Waals surface area (Å²) in [6, 6.07) is 2.40. The number of carbonyl (C=O) groups is 1. The fourth-order valence-electron chi connectivity index (χ4n) is 2.62. The van der Waals surface area contributed by atoms with Gasteiger partial charge in [-0.3, -0.25) is 4.79 Å². The number of carbonyl (C=O) groups excluding carboxylic acids is 1. The van der Waals surface area contributed by atoms with E-state index in [9.17, 15) is 4.79 Å². The second-order valence-electron chi connectivity index (χ2n) is 5.96. The molecule has 2 nitrogen and oxygen atoms in total. The maximum Gasteiger partial charge on any atom is 0.182 e. The zero-order valence-electron chi connectivity index (χ0n) is 13.0. The van der Waals surface area contributed by atoms with Gasteiger partial charge in [0.2, 0.25) is 0 Å². The molecule has 0 saturated heterocycles. The van der Waals surface area contributed by atoms with Gasteiger partial charge in [-0.1, -0.05) is 13.8 Å². The first kappa shape index (κ1) is 16.3. The van der Waals surface area contributed by atoms with Crippen molar-refractivity contribution >= 4 is 17.4 Å². The third-order valence-electron chi connectivity index (χ3n) is 3.71. The Kier molecular flexibility index (Phi) is 5.66. The molecule has 0 aliphatic heterocycles. The third kappa shape index (κ3) is 3.85. The number of aromatic nitrogens is 1. The van der Waals surface area contributed by atoms with E-state index in [2.05, 4.69) is 32.3 Å². The molecule has 0 amide bonds. The molecule has 3 heteroatoms. The Balaban J connectivity index is 3.00. The molecular weight excluding hydrogens is 258 g/mol. The summed E-state index contributed by atoms with van der Waals surface area (Å²) in [5.74, 6) is 0.736. The predicted molar refractivity (Wildman–Crippen MR) is 82.3 cm³/mol. The molecule has 1 aromatic rings. The molecule has 0 bridgehead atoms. The molecule has 0 aromatic carbocycles. The molecule has 108 valence electrons. The van der Waals surface area contributed by atoms with Gasteiger partial charge in [-0.2, -0.15) is 0 Å². The van der Waals surface area contributed by atoms with Crippen LogP contribution in [0.3, 0.4) is 0 Å². The van der Waals surface area contributed by atoms with Crippen LogP contribution in [0.25, 0.3) is 0 Å². The molecule has 1 aromatic heterocycles. The molecule has 2 unspecified atom stereocenters. The fourth-order valence-corrected chi connectivity index (χ4v) is 2.74. The van der Waals surface area contributed by atoms with Gasteiger partial charge >= 0.3 is 0 Å². The summed E-state index contributed by atoms with van der Waals surface area (Å²) < 4.78 is 2.27. The highest BCUT2D eigenvalue weighted by Crippen LogP contribution is 2.26. The van der Waals surface area contributed by atoms with Gasteiger partial charge in [0.15, 0.2) is 5.78 Å². The summed E-state index contributed by atoms with van der Waals surface area (Å²) in [7, 11) is 0. The lowest BCUT2D eigenvalue weighted by Crippen LogP contribution is -2.14. The lowest BCUT2D eigenvalue weighted by atomic mass is 10.0. The number of aryl methyl sites for hydroxylation is 1. The van der Waals surface area contributed by atoms with Gasteiger partial charge in [-0.15, -0.1) is 11.6 Å². The Morgan fingerprint density at radius 2 is 1.79 bits per heavy atom. The van der Waals surface area contributed by atoms with E-state index in [0.29, 0.717) is 12.0 Å². The minimum atomic E-state index is -0.458. The van der Waals surface area contributed by atoms with Crippen molar-refractivity contribution in [2.45, 2.75) is 65.8 Å². The molecule has 1 rings (SSSR count). The van der Waals surface area contributed by atoms with Crippen molar-refractivity contribution in [3.63, 3.8) is 0 Å². The van der Waals surface area contributed by atoms with Crippen LogP contribution >= 0.6 is 11.6 Å². The van der Waals surface area contributed by atoms with Crippen LogP contribution in [0.15, 0.2) is 6.07 Å². The molecule has 19 heavy (non-hydrogen) atoms. The largest absolute Gasteiger partial charge is 0.346 e. The van der Waals surface area contributed by atoms with Crippen molar-refractivity contribution < 1.29 is 4.79 Å². The van der Waals surface area contributed by atoms with Crippen molar-refractivity contribution in [3.8, 4) is 0 Å². The van der Waals surface area contributed by atoms with Gasteiger partial charge in [-0.05, 0) is 52.5 Å². The van der Waals surface area contributed by atoms with Crippen LogP contribution in [0, 0.1) is 19.8 Å². The normalized spacial score (nSPS) is 14.7. The van der Waals surface area contributed by atoms with Crippen LogP contribution < -0.4 is 0 Å².